The fourth-order valence-corrected chi connectivity index (χ4v) is 14.5. The van der Waals surface area contributed by atoms with Crippen LogP contribution in [0.1, 0.15) is 103 Å². The number of thiophene rings is 1. The summed E-state index contributed by atoms with van der Waals surface area (Å²) in [4.78, 5) is 8.08. The highest BCUT2D eigenvalue weighted by molar-refractivity contribution is 7.26. The Kier molecular flexibility index (Phi) is 9.45. The van der Waals surface area contributed by atoms with Crippen molar-refractivity contribution in [2.75, 3.05) is 14.7 Å². The summed E-state index contributed by atoms with van der Waals surface area (Å²) in [5.41, 5.74) is 21.9. The van der Waals surface area contributed by atoms with E-state index < -0.39 is 0 Å². The van der Waals surface area contributed by atoms with E-state index in [1.54, 1.807) is 0 Å². The Balaban J connectivity index is 1.13. The first kappa shape index (κ1) is 43.5. The van der Waals surface area contributed by atoms with Gasteiger partial charge in [-0.05, 0) is 142 Å². The minimum atomic E-state index is -0.0667. The zero-order valence-electron chi connectivity index (χ0n) is 42.2. The van der Waals surface area contributed by atoms with Gasteiger partial charge in [0.1, 0.15) is 0 Å². The van der Waals surface area contributed by atoms with Gasteiger partial charge in [0.25, 0.3) is 6.71 Å². The number of benzene rings is 8. The van der Waals surface area contributed by atoms with Gasteiger partial charge in [0, 0.05) is 60.6 Å². The van der Waals surface area contributed by atoms with E-state index in [0.29, 0.717) is 0 Å². The molecule has 346 valence electrons. The van der Waals surface area contributed by atoms with Crippen LogP contribution >= 0.6 is 11.3 Å². The lowest BCUT2D eigenvalue weighted by Crippen LogP contribution is -2.61. The molecular weight excluding hydrogens is 866 g/mol. The van der Waals surface area contributed by atoms with Crippen LogP contribution in [0.2, 0.25) is 0 Å². The van der Waals surface area contributed by atoms with Gasteiger partial charge in [-0.1, -0.05) is 164 Å². The third kappa shape index (κ3) is 6.19. The number of anilines is 8. The van der Waals surface area contributed by atoms with Gasteiger partial charge >= 0.3 is 0 Å². The molecule has 2 unspecified atom stereocenters. The van der Waals surface area contributed by atoms with Crippen molar-refractivity contribution in [3.8, 4) is 11.1 Å². The lowest BCUT2D eigenvalue weighted by Gasteiger charge is -2.50. The minimum Gasteiger partial charge on any atom is -0.334 e. The fourth-order valence-electron chi connectivity index (χ4n) is 13.3. The van der Waals surface area contributed by atoms with E-state index in [1.165, 1.54) is 135 Å². The molecule has 1 saturated carbocycles. The Morgan fingerprint density at radius 3 is 1.90 bits per heavy atom. The Labute approximate surface area is 419 Å². The first-order chi connectivity index (χ1) is 33.6. The molecular formula is C65H62BN3S. The van der Waals surface area contributed by atoms with Gasteiger partial charge in [-0.25, -0.2) is 0 Å². The summed E-state index contributed by atoms with van der Waals surface area (Å²) in [5, 5.41) is 2.63. The van der Waals surface area contributed by atoms with Crippen molar-refractivity contribution < 1.29 is 0 Å². The van der Waals surface area contributed by atoms with Crippen LogP contribution in [0.5, 0.6) is 0 Å². The van der Waals surface area contributed by atoms with E-state index in [-0.39, 0.29) is 28.5 Å². The van der Waals surface area contributed by atoms with Crippen LogP contribution < -0.4 is 31.1 Å². The van der Waals surface area contributed by atoms with Crippen molar-refractivity contribution in [1.82, 2.24) is 0 Å². The number of nitrogens with zero attached hydrogens (tertiary/aromatic N) is 3. The van der Waals surface area contributed by atoms with Gasteiger partial charge < -0.3 is 14.7 Å². The molecule has 0 bridgehead atoms. The fraction of sp³-hybridized carbons (Fsp3) is 0.262. The number of aryl methyl sites for hydroxylation is 1. The van der Waals surface area contributed by atoms with Crippen molar-refractivity contribution in [1.29, 1.82) is 0 Å². The highest BCUT2D eigenvalue weighted by Gasteiger charge is 2.58. The van der Waals surface area contributed by atoms with Crippen molar-refractivity contribution in [3.05, 3.63) is 186 Å². The highest BCUT2D eigenvalue weighted by atomic mass is 32.1. The molecule has 5 heteroatoms. The predicted octanol–water partition coefficient (Wildman–Crippen LogP) is 16.4. The summed E-state index contributed by atoms with van der Waals surface area (Å²) < 4.78 is 2.64. The van der Waals surface area contributed by atoms with E-state index in [0.717, 1.165) is 6.42 Å². The van der Waals surface area contributed by atoms with Crippen LogP contribution in [0.15, 0.2) is 164 Å². The summed E-state index contributed by atoms with van der Waals surface area (Å²) in [6.07, 6.45) is 4.87. The number of hydrogen-bond donors (Lipinski definition) is 0. The third-order valence-electron chi connectivity index (χ3n) is 17.1. The van der Waals surface area contributed by atoms with Gasteiger partial charge in [0.15, 0.2) is 0 Å². The zero-order valence-corrected chi connectivity index (χ0v) is 43.1. The first-order valence-corrected chi connectivity index (χ1v) is 26.5. The quantitative estimate of drug-likeness (QED) is 0.163. The predicted molar refractivity (Wildman–Crippen MR) is 304 cm³/mol. The van der Waals surface area contributed by atoms with Crippen LogP contribution in [0.25, 0.3) is 31.3 Å². The van der Waals surface area contributed by atoms with Crippen LogP contribution in [0.3, 0.4) is 0 Å². The van der Waals surface area contributed by atoms with Gasteiger partial charge in [0.05, 0.1) is 21.6 Å². The van der Waals surface area contributed by atoms with Crippen molar-refractivity contribution in [3.63, 3.8) is 0 Å². The average molecular weight is 928 g/mol. The Bertz CT molecular complexity index is 3610. The summed E-state index contributed by atoms with van der Waals surface area (Å²) in [5.74, 6) is 0. The molecule has 9 aromatic rings. The van der Waals surface area contributed by atoms with Gasteiger partial charge in [-0.3, -0.25) is 0 Å². The van der Waals surface area contributed by atoms with Crippen LogP contribution in [-0.4, -0.2) is 12.3 Å². The van der Waals surface area contributed by atoms with Crippen molar-refractivity contribution in [2.24, 2.45) is 0 Å². The molecule has 3 nitrogen and oxygen atoms in total. The molecule has 1 aromatic heterocycles. The SMILES string of the molecule is Cc1cc2c3c(c1)N(c1cccc4c1sc1ccccc14)c1cc(C(C)(C)C)ccc1B3c1ccc(N3c4ccccc4C4(C)CCCCC34C)cc1N2c1ccc(C(C)(C)C)cc1-c1ccccc1. The number of fused-ring (bicyclic) bond motifs is 10. The maximum atomic E-state index is 2.76. The maximum absolute atomic E-state index is 2.76. The molecule has 4 heterocycles. The van der Waals surface area contributed by atoms with Crippen LogP contribution in [0.4, 0.5) is 45.5 Å². The lowest BCUT2D eigenvalue weighted by atomic mass is 9.33. The average Bonchev–Trinajstić information content (AvgIpc) is 3.83. The van der Waals surface area contributed by atoms with E-state index in [2.05, 4.69) is 241 Å². The Morgan fingerprint density at radius 2 is 1.13 bits per heavy atom. The van der Waals surface area contributed by atoms with E-state index in [9.17, 15) is 0 Å². The molecule has 70 heavy (non-hydrogen) atoms. The van der Waals surface area contributed by atoms with Crippen molar-refractivity contribution in [2.45, 2.75) is 110 Å². The molecule has 0 amide bonds. The summed E-state index contributed by atoms with van der Waals surface area (Å²) in [7, 11) is 0. The molecule has 0 radical (unpaired) electrons. The van der Waals surface area contributed by atoms with Gasteiger partial charge in [0.2, 0.25) is 0 Å². The molecule has 13 rings (SSSR count). The standard InChI is InChI=1S/C65H62BN3S/c1-41-36-57-60-58(37-41)68(54-26-19-23-47-46-22-13-16-27-59(46)70-61(47)54)55-39-44(63(5,6)7)28-31-50(55)66(60)51-32-30-45(69-53-25-15-14-24-49(53)64(8)34-17-18-35-65(64,69)9)40-56(51)67(57)52-33-29-43(62(2,3)4)38-48(52)42-20-11-10-12-21-42/h10-16,19-33,36-40H,17-18,34-35H2,1-9H3. The Morgan fingerprint density at radius 1 is 0.514 bits per heavy atom. The molecule has 1 fully saturated rings. The second-order valence-electron chi connectivity index (χ2n) is 23.4. The summed E-state index contributed by atoms with van der Waals surface area (Å²) >= 11 is 1.92. The zero-order chi connectivity index (χ0) is 48.1. The lowest BCUT2D eigenvalue weighted by molar-refractivity contribution is 0.195. The first-order valence-electron chi connectivity index (χ1n) is 25.7. The molecule has 8 aromatic carbocycles. The number of para-hydroxylation sites is 1. The molecule has 0 spiro atoms. The molecule has 3 aliphatic heterocycles. The molecule has 0 saturated heterocycles. The van der Waals surface area contributed by atoms with Crippen LogP contribution in [-0.2, 0) is 16.2 Å². The van der Waals surface area contributed by atoms with Gasteiger partial charge in [-0.15, -0.1) is 11.3 Å². The molecule has 0 N–H and O–H groups in total. The molecule has 4 aliphatic rings. The smallest absolute Gasteiger partial charge is 0.252 e. The van der Waals surface area contributed by atoms with Crippen LogP contribution in [0, 0.1) is 6.92 Å². The number of hydrogen-bond acceptors (Lipinski definition) is 4. The topological polar surface area (TPSA) is 9.72 Å². The highest BCUT2D eigenvalue weighted by Crippen LogP contribution is 2.61. The summed E-state index contributed by atoms with van der Waals surface area (Å²) in [6, 6.07) is 63.6. The van der Waals surface area contributed by atoms with E-state index >= 15 is 0 Å². The molecule has 2 atom stereocenters. The van der Waals surface area contributed by atoms with E-state index in [4.69, 9.17) is 0 Å². The second kappa shape index (κ2) is 15.2. The normalized spacial score (nSPS) is 19.3. The summed E-state index contributed by atoms with van der Waals surface area (Å²) in [6.45, 7) is 21.5. The van der Waals surface area contributed by atoms with Crippen molar-refractivity contribution >= 4 is 100 Å². The van der Waals surface area contributed by atoms with E-state index in [1.807, 2.05) is 11.3 Å². The molecule has 1 aliphatic carbocycles. The maximum Gasteiger partial charge on any atom is 0.252 e. The van der Waals surface area contributed by atoms with Gasteiger partial charge in [-0.2, -0.15) is 0 Å². The second-order valence-corrected chi connectivity index (χ2v) is 24.4. The third-order valence-corrected chi connectivity index (χ3v) is 18.4. The monoisotopic (exact) mass is 927 g/mol. The largest absolute Gasteiger partial charge is 0.334 e. The number of rotatable bonds is 4. The Hall–Kier alpha value is -6.56. The minimum absolute atomic E-state index is 0.00296.